The van der Waals surface area contributed by atoms with Gasteiger partial charge in [-0.2, -0.15) is 0 Å². The molecule has 100 valence electrons. The Bertz CT molecular complexity index is 431. The number of hydrogen-bond donors (Lipinski definition) is 2. The summed E-state index contributed by atoms with van der Waals surface area (Å²) in [5, 5.41) is 13.9. The van der Waals surface area contributed by atoms with Gasteiger partial charge >= 0.3 is 0 Å². The van der Waals surface area contributed by atoms with Crippen LogP contribution in [-0.2, 0) is 0 Å². The number of hydrogen-bond acceptors (Lipinski definition) is 4. The molecule has 1 atom stereocenters. The summed E-state index contributed by atoms with van der Waals surface area (Å²) in [6, 6.07) is 1.63. The summed E-state index contributed by atoms with van der Waals surface area (Å²) < 4.78 is 10.4. The summed E-state index contributed by atoms with van der Waals surface area (Å²) in [6.07, 6.45) is 3.24. The average molecular weight is 272 g/mol. The Kier molecular flexibility index (Phi) is 4.19. The van der Waals surface area contributed by atoms with Gasteiger partial charge in [-0.1, -0.05) is 18.0 Å². The van der Waals surface area contributed by atoms with Crippen LogP contribution in [-0.4, -0.2) is 25.9 Å². The van der Waals surface area contributed by atoms with E-state index in [9.17, 15) is 5.11 Å². The number of phenolic OH excluding ortho intramolecular Hbond substituents is 1. The van der Waals surface area contributed by atoms with Crippen LogP contribution in [0.1, 0.15) is 30.9 Å². The van der Waals surface area contributed by atoms with Crippen molar-refractivity contribution in [1.29, 1.82) is 0 Å². The molecule has 2 N–H and O–H groups in total. The van der Waals surface area contributed by atoms with Crippen molar-refractivity contribution >= 4 is 11.6 Å². The molecule has 18 heavy (non-hydrogen) atoms. The first-order valence-electron chi connectivity index (χ1n) is 6.05. The van der Waals surface area contributed by atoms with Crippen LogP contribution in [0.15, 0.2) is 6.07 Å². The second kappa shape index (κ2) is 5.67. The van der Waals surface area contributed by atoms with Crippen molar-refractivity contribution in [3.05, 3.63) is 16.7 Å². The molecular weight excluding hydrogens is 254 g/mol. The van der Waals surface area contributed by atoms with Gasteiger partial charge in [-0.25, -0.2) is 0 Å². The maximum absolute atomic E-state index is 10.1. The lowest BCUT2D eigenvalue weighted by atomic mass is 9.96. The predicted octanol–water partition coefficient (Wildman–Crippen LogP) is 2.88. The summed E-state index contributed by atoms with van der Waals surface area (Å²) in [5.41, 5.74) is 0.703. The third-order valence-electron chi connectivity index (χ3n) is 3.29. The molecule has 0 aromatic heterocycles. The molecule has 0 amide bonds. The van der Waals surface area contributed by atoms with E-state index in [1.54, 1.807) is 13.2 Å². The first-order chi connectivity index (χ1) is 8.69. The highest BCUT2D eigenvalue weighted by atomic mass is 35.5. The van der Waals surface area contributed by atoms with Gasteiger partial charge < -0.3 is 19.9 Å². The Morgan fingerprint density at radius 1 is 1.33 bits per heavy atom. The summed E-state index contributed by atoms with van der Waals surface area (Å²) in [4.78, 5) is 0. The summed E-state index contributed by atoms with van der Waals surface area (Å²) in [7, 11) is 3.06. The monoisotopic (exact) mass is 271 g/mol. The topological polar surface area (TPSA) is 50.7 Å². The summed E-state index contributed by atoms with van der Waals surface area (Å²) >= 11 is 6.33. The molecule has 1 fully saturated rings. The average Bonchev–Trinajstić information content (AvgIpc) is 2.39. The van der Waals surface area contributed by atoms with Gasteiger partial charge in [-0.3, -0.25) is 0 Å². The van der Waals surface area contributed by atoms with Gasteiger partial charge in [-0.15, -0.1) is 0 Å². The third kappa shape index (κ3) is 2.35. The highest BCUT2D eigenvalue weighted by molar-refractivity contribution is 6.33. The van der Waals surface area contributed by atoms with Gasteiger partial charge in [0.2, 0.25) is 0 Å². The van der Waals surface area contributed by atoms with Crippen LogP contribution >= 0.6 is 11.6 Å². The Labute approximate surface area is 112 Å². The third-order valence-corrected chi connectivity index (χ3v) is 3.66. The lowest BCUT2D eigenvalue weighted by molar-refractivity contribution is 0.345. The van der Waals surface area contributed by atoms with Crippen molar-refractivity contribution in [2.75, 3.05) is 20.8 Å². The van der Waals surface area contributed by atoms with Gasteiger partial charge in [0.25, 0.3) is 0 Å². The fourth-order valence-electron chi connectivity index (χ4n) is 2.38. The number of aromatic hydroxyl groups is 1. The molecule has 0 radical (unpaired) electrons. The molecule has 5 heteroatoms. The standard InChI is InChI=1S/C13H18ClNO3/c1-17-10-7-9(16)11(12(14)13(10)18-2)8-5-3-4-6-15-8/h7-8,15-16H,3-6H2,1-2H3. The Morgan fingerprint density at radius 2 is 2.11 bits per heavy atom. The number of rotatable bonds is 3. The number of phenols is 1. The number of piperidine rings is 1. The molecular formula is C13H18ClNO3. The van der Waals surface area contributed by atoms with E-state index in [4.69, 9.17) is 21.1 Å². The maximum atomic E-state index is 10.1. The van der Waals surface area contributed by atoms with E-state index in [1.165, 1.54) is 7.11 Å². The lowest BCUT2D eigenvalue weighted by Gasteiger charge is -2.26. The molecule has 1 aliphatic heterocycles. The van der Waals surface area contributed by atoms with Crippen molar-refractivity contribution in [2.24, 2.45) is 0 Å². The molecule has 1 aromatic carbocycles. The van der Waals surface area contributed by atoms with E-state index in [0.717, 1.165) is 25.8 Å². The van der Waals surface area contributed by atoms with Crippen LogP contribution in [0.25, 0.3) is 0 Å². The lowest BCUT2D eigenvalue weighted by Crippen LogP contribution is -2.27. The SMILES string of the molecule is COc1cc(O)c(C2CCCCN2)c(Cl)c1OC. The van der Waals surface area contributed by atoms with E-state index < -0.39 is 0 Å². The molecule has 4 nitrogen and oxygen atoms in total. The van der Waals surface area contributed by atoms with Gasteiger partial charge in [0.1, 0.15) is 5.75 Å². The number of methoxy groups -OCH3 is 2. The van der Waals surface area contributed by atoms with Crippen LogP contribution in [0, 0.1) is 0 Å². The first kappa shape index (κ1) is 13.3. The van der Waals surface area contributed by atoms with Gasteiger partial charge in [0.15, 0.2) is 11.5 Å². The normalized spacial score (nSPS) is 19.6. The minimum absolute atomic E-state index is 0.0751. The van der Waals surface area contributed by atoms with Gasteiger partial charge in [0.05, 0.1) is 19.2 Å². The predicted molar refractivity (Wildman–Crippen MR) is 70.8 cm³/mol. The maximum Gasteiger partial charge on any atom is 0.180 e. The molecule has 0 aliphatic carbocycles. The first-order valence-corrected chi connectivity index (χ1v) is 6.43. The number of halogens is 1. The molecule has 0 bridgehead atoms. The van der Waals surface area contributed by atoms with E-state index in [2.05, 4.69) is 5.32 Å². The zero-order chi connectivity index (χ0) is 13.1. The Hall–Kier alpha value is -1.13. The fourth-order valence-corrected chi connectivity index (χ4v) is 2.78. The molecule has 0 spiro atoms. The zero-order valence-corrected chi connectivity index (χ0v) is 11.4. The fraction of sp³-hybridized carbons (Fsp3) is 0.538. The highest BCUT2D eigenvalue weighted by Crippen LogP contribution is 2.46. The number of benzene rings is 1. The zero-order valence-electron chi connectivity index (χ0n) is 10.6. The number of ether oxygens (including phenoxy) is 2. The molecule has 1 saturated heterocycles. The quantitative estimate of drug-likeness (QED) is 0.888. The van der Waals surface area contributed by atoms with Crippen LogP contribution in [0.5, 0.6) is 17.2 Å². The molecule has 1 aliphatic rings. The minimum atomic E-state index is 0.0751. The van der Waals surface area contributed by atoms with Crippen molar-refractivity contribution < 1.29 is 14.6 Å². The van der Waals surface area contributed by atoms with E-state index in [0.29, 0.717) is 22.1 Å². The van der Waals surface area contributed by atoms with Crippen molar-refractivity contribution in [3.8, 4) is 17.2 Å². The molecule has 2 rings (SSSR count). The summed E-state index contributed by atoms with van der Waals surface area (Å²) in [6.45, 7) is 0.939. The smallest absolute Gasteiger partial charge is 0.180 e. The largest absolute Gasteiger partial charge is 0.507 e. The van der Waals surface area contributed by atoms with Gasteiger partial charge in [0, 0.05) is 17.7 Å². The van der Waals surface area contributed by atoms with Crippen LogP contribution in [0.2, 0.25) is 5.02 Å². The minimum Gasteiger partial charge on any atom is -0.507 e. The number of nitrogens with one attached hydrogen (secondary N) is 1. The van der Waals surface area contributed by atoms with E-state index >= 15 is 0 Å². The molecule has 1 unspecified atom stereocenters. The van der Waals surface area contributed by atoms with Crippen LogP contribution in [0.3, 0.4) is 0 Å². The van der Waals surface area contributed by atoms with E-state index in [1.807, 2.05) is 0 Å². The van der Waals surface area contributed by atoms with E-state index in [-0.39, 0.29) is 11.8 Å². The van der Waals surface area contributed by atoms with Crippen LogP contribution < -0.4 is 14.8 Å². The van der Waals surface area contributed by atoms with Crippen molar-refractivity contribution in [2.45, 2.75) is 25.3 Å². The van der Waals surface area contributed by atoms with Crippen LogP contribution in [0.4, 0.5) is 0 Å². The highest BCUT2D eigenvalue weighted by Gasteiger charge is 2.25. The molecule has 1 aromatic rings. The Morgan fingerprint density at radius 3 is 2.67 bits per heavy atom. The summed E-state index contributed by atoms with van der Waals surface area (Å²) in [5.74, 6) is 1.07. The second-order valence-electron chi connectivity index (χ2n) is 4.36. The Balaban J connectivity index is 2.46. The van der Waals surface area contributed by atoms with Gasteiger partial charge in [-0.05, 0) is 19.4 Å². The second-order valence-corrected chi connectivity index (χ2v) is 4.74. The molecule has 0 saturated carbocycles. The van der Waals surface area contributed by atoms with Crippen molar-refractivity contribution in [3.63, 3.8) is 0 Å². The molecule has 1 heterocycles. The van der Waals surface area contributed by atoms with Crippen molar-refractivity contribution in [1.82, 2.24) is 5.32 Å².